The molecule has 1 aliphatic rings. The van der Waals surface area contributed by atoms with Crippen molar-refractivity contribution in [2.24, 2.45) is 0 Å². The van der Waals surface area contributed by atoms with Gasteiger partial charge < -0.3 is 0 Å². The first-order chi connectivity index (χ1) is 17.2. The SMILES string of the molecule is Clc1ccc(C(=C2SSSSSC2=C(c2ccccc2)c2ccccc2)c2ccc(Cl)cc2)cc1. The molecule has 0 aliphatic carbocycles. The van der Waals surface area contributed by atoms with E-state index >= 15 is 0 Å². The maximum absolute atomic E-state index is 6.27. The van der Waals surface area contributed by atoms with Gasteiger partial charge in [-0.2, -0.15) is 0 Å². The molecule has 1 fully saturated rings. The van der Waals surface area contributed by atoms with E-state index in [4.69, 9.17) is 23.2 Å². The lowest BCUT2D eigenvalue weighted by Gasteiger charge is -2.20. The fourth-order valence-corrected chi connectivity index (χ4v) is 13.3. The molecule has 0 N–H and O–H groups in total. The van der Waals surface area contributed by atoms with Crippen molar-refractivity contribution in [1.29, 1.82) is 0 Å². The quantitative estimate of drug-likeness (QED) is 0.218. The minimum atomic E-state index is 0.725. The van der Waals surface area contributed by atoms with Crippen LogP contribution in [0.1, 0.15) is 22.3 Å². The number of hydrogen-bond acceptors (Lipinski definition) is 5. The number of hydrogen-bond donors (Lipinski definition) is 0. The fourth-order valence-electron chi connectivity index (χ4n) is 3.79. The molecule has 0 aromatic heterocycles. The van der Waals surface area contributed by atoms with E-state index in [0.29, 0.717) is 0 Å². The van der Waals surface area contributed by atoms with Gasteiger partial charge in [-0.05, 0) is 97.6 Å². The number of benzene rings is 4. The van der Waals surface area contributed by atoms with Gasteiger partial charge in [-0.3, -0.25) is 0 Å². The molecule has 0 spiro atoms. The van der Waals surface area contributed by atoms with Crippen molar-refractivity contribution in [2.75, 3.05) is 0 Å². The summed E-state index contributed by atoms with van der Waals surface area (Å²) in [7, 11) is 9.01. The molecule has 5 rings (SSSR count). The highest BCUT2D eigenvalue weighted by Crippen LogP contribution is 2.63. The lowest BCUT2D eigenvalue weighted by atomic mass is 9.93. The summed E-state index contributed by atoms with van der Waals surface area (Å²) in [5, 5.41) is 1.45. The average Bonchev–Trinajstić information content (AvgIpc) is 3.14. The van der Waals surface area contributed by atoms with Gasteiger partial charge in [0.05, 0.1) is 0 Å². The zero-order valence-corrected chi connectivity index (χ0v) is 23.8. The molecular weight excluding hydrogens is 568 g/mol. The van der Waals surface area contributed by atoms with E-state index in [1.165, 1.54) is 32.1 Å². The van der Waals surface area contributed by atoms with E-state index in [9.17, 15) is 0 Å². The Kier molecular flexibility index (Phi) is 8.90. The number of halogens is 2. The van der Waals surface area contributed by atoms with Crippen LogP contribution in [0.15, 0.2) is 119 Å². The van der Waals surface area contributed by atoms with Crippen LogP contribution in [-0.2, 0) is 0 Å². The minimum Gasteiger partial charge on any atom is -0.0843 e. The topological polar surface area (TPSA) is 0 Å². The Balaban J connectivity index is 1.86. The first-order valence-corrected chi connectivity index (χ1v) is 17.6. The first-order valence-electron chi connectivity index (χ1n) is 10.7. The van der Waals surface area contributed by atoms with E-state index in [2.05, 4.69) is 84.9 Å². The van der Waals surface area contributed by atoms with Crippen LogP contribution in [0.25, 0.3) is 11.1 Å². The summed E-state index contributed by atoms with van der Waals surface area (Å²) in [6.07, 6.45) is 0. The Morgan fingerprint density at radius 3 is 1.11 bits per heavy atom. The maximum atomic E-state index is 6.27. The second-order valence-corrected chi connectivity index (χ2v) is 15.9. The van der Waals surface area contributed by atoms with Crippen LogP contribution in [0.2, 0.25) is 10.0 Å². The molecule has 0 radical (unpaired) electrons. The van der Waals surface area contributed by atoms with Gasteiger partial charge in [-0.1, -0.05) is 108 Å². The summed E-state index contributed by atoms with van der Waals surface area (Å²) < 4.78 is 0. The van der Waals surface area contributed by atoms with Gasteiger partial charge in [0.1, 0.15) is 0 Å². The molecule has 174 valence electrons. The van der Waals surface area contributed by atoms with Crippen LogP contribution in [0.5, 0.6) is 0 Å². The predicted molar refractivity (Wildman–Crippen MR) is 166 cm³/mol. The van der Waals surface area contributed by atoms with Crippen molar-refractivity contribution < 1.29 is 0 Å². The summed E-state index contributed by atoms with van der Waals surface area (Å²) in [5.41, 5.74) is 7.04. The molecule has 4 aromatic rings. The zero-order valence-electron chi connectivity index (χ0n) is 18.2. The van der Waals surface area contributed by atoms with Crippen LogP contribution in [0.3, 0.4) is 0 Å². The third-order valence-electron chi connectivity index (χ3n) is 5.34. The summed E-state index contributed by atoms with van der Waals surface area (Å²) in [6, 6.07) is 37.5. The van der Waals surface area contributed by atoms with Crippen LogP contribution in [0.4, 0.5) is 0 Å². The number of rotatable bonds is 4. The third-order valence-corrected chi connectivity index (χ3v) is 14.3. The standard InChI is InChI=1S/C28H18Cl2S5/c29-23-15-11-21(12-16-23)26(22-13-17-24(30)18-14-22)28-27(31-33-35-34-32-28)25(19-7-3-1-4-8-19)20-9-5-2-6-10-20/h1-18H. The molecule has 4 aromatic carbocycles. The van der Waals surface area contributed by atoms with Crippen LogP contribution < -0.4 is 0 Å². The highest BCUT2D eigenvalue weighted by atomic mass is 35.5. The zero-order chi connectivity index (χ0) is 24.0. The molecule has 35 heavy (non-hydrogen) atoms. The van der Waals surface area contributed by atoms with Crippen LogP contribution in [-0.4, -0.2) is 0 Å². The smallest absolute Gasteiger partial charge is 0.0427 e. The molecule has 7 heteroatoms. The molecule has 1 saturated heterocycles. The second-order valence-electron chi connectivity index (χ2n) is 7.52. The Bertz CT molecular complexity index is 1260. The summed E-state index contributed by atoms with van der Waals surface area (Å²) in [6.45, 7) is 0. The molecule has 1 aliphatic heterocycles. The van der Waals surface area contributed by atoms with Crippen LogP contribution in [0, 0.1) is 0 Å². The van der Waals surface area contributed by atoms with Crippen molar-refractivity contribution in [3.05, 3.63) is 151 Å². The van der Waals surface area contributed by atoms with Gasteiger partial charge in [0.15, 0.2) is 0 Å². The van der Waals surface area contributed by atoms with Crippen molar-refractivity contribution >= 4 is 85.4 Å². The summed E-state index contributed by atoms with van der Waals surface area (Å²) >= 11 is 12.5. The van der Waals surface area contributed by atoms with Crippen molar-refractivity contribution in [3.8, 4) is 0 Å². The second kappa shape index (κ2) is 12.3. The highest BCUT2D eigenvalue weighted by molar-refractivity contribution is 9.36. The maximum Gasteiger partial charge on any atom is 0.0427 e. The van der Waals surface area contributed by atoms with E-state index in [0.717, 1.165) is 21.2 Å². The Morgan fingerprint density at radius 1 is 0.400 bits per heavy atom. The molecule has 0 saturated carbocycles. The van der Waals surface area contributed by atoms with Gasteiger partial charge in [0.2, 0.25) is 0 Å². The Labute approximate surface area is 234 Å². The monoisotopic (exact) mass is 584 g/mol. The van der Waals surface area contributed by atoms with Gasteiger partial charge in [0.25, 0.3) is 0 Å². The van der Waals surface area contributed by atoms with Gasteiger partial charge in [-0.15, -0.1) is 0 Å². The molecule has 0 atom stereocenters. The molecule has 1 heterocycles. The largest absolute Gasteiger partial charge is 0.0843 e. The molecule has 0 amide bonds. The predicted octanol–water partition coefficient (Wildman–Crippen LogP) is 11.6. The van der Waals surface area contributed by atoms with E-state index in [-0.39, 0.29) is 0 Å². The Hall–Kier alpha value is -1.31. The van der Waals surface area contributed by atoms with E-state index < -0.39 is 0 Å². The van der Waals surface area contributed by atoms with E-state index in [1.807, 2.05) is 45.9 Å². The Morgan fingerprint density at radius 2 is 0.743 bits per heavy atom. The molecular formula is C28H18Cl2S5. The van der Waals surface area contributed by atoms with Gasteiger partial charge in [0, 0.05) is 31.0 Å². The lowest BCUT2D eigenvalue weighted by molar-refractivity contribution is 1.52. The minimum absolute atomic E-state index is 0.725. The molecule has 0 unspecified atom stereocenters. The van der Waals surface area contributed by atoms with Gasteiger partial charge in [-0.25, -0.2) is 0 Å². The molecule has 0 nitrogen and oxygen atoms in total. The average molecular weight is 586 g/mol. The first kappa shape index (κ1) is 25.3. The van der Waals surface area contributed by atoms with Crippen molar-refractivity contribution in [1.82, 2.24) is 0 Å². The highest BCUT2D eigenvalue weighted by Gasteiger charge is 2.25. The van der Waals surface area contributed by atoms with E-state index in [1.54, 1.807) is 29.5 Å². The van der Waals surface area contributed by atoms with Gasteiger partial charge >= 0.3 is 0 Å². The van der Waals surface area contributed by atoms with Crippen LogP contribution >= 0.6 is 74.3 Å². The summed E-state index contributed by atoms with van der Waals surface area (Å²) in [4.78, 5) is 2.47. The lowest BCUT2D eigenvalue weighted by Crippen LogP contribution is -1.98. The summed E-state index contributed by atoms with van der Waals surface area (Å²) in [5.74, 6) is 0. The van der Waals surface area contributed by atoms with Crippen molar-refractivity contribution in [3.63, 3.8) is 0 Å². The third kappa shape index (κ3) is 6.16. The fraction of sp³-hybridized carbons (Fsp3) is 0. The normalized spacial score (nSPS) is 13.9. The molecule has 0 bridgehead atoms. The van der Waals surface area contributed by atoms with Crippen molar-refractivity contribution in [2.45, 2.75) is 0 Å².